The summed E-state index contributed by atoms with van der Waals surface area (Å²) in [4.78, 5) is 16.5. The van der Waals surface area contributed by atoms with Crippen molar-refractivity contribution in [2.75, 3.05) is 10.6 Å². The van der Waals surface area contributed by atoms with E-state index in [9.17, 15) is 18.0 Å². The van der Waals surface area contributed by atoms with E-state index in [0.29, 0.717) is 16.8 Å². The van der Waals surface area contributed by atoms with Crippen LogP contribution in [0.2, 0.25) is 0 Å². The van der Waals surface area contributed by atoms with Gasteiger partial charge in [-0.3, -0.25) is 9.78 Å². The van der Waals surface area contributed by atoms with Crippen LogP contribution in [0.1, 0.15) is 17.5 Å². The number of amides is 1. The van der Waals surface area contributed by atoms with Crippen LogP contribution in [-0.2, 0) is 10.3 Å². The Labute approximate surface area is 165 Å². The topological polar surface area (TPSA) is 54.0 Å². The zero-order valence-electron chi connectivity index (χ0n) is 15.5. The molecule has 2 N–H and O–H groups in total. The Kier molecular flexibility index (Phi) is 4.53. The van der Waals surface area contributed by atoms with Crippen molar-refractivity contribution in [1.29, 1.82) is 0 Å². The highest BCUT2D eigenvalue weighted by Gasteiger charge is 2.58. The summed E-state index contributed by atoms with van der Waals surface area (Å²) in [7, 11) is 0. The van der Waals surface area contributed by atoms with E-state index in [4.69, 9.17) is 0 Å². The molecule has 1 aliphatic rings. The third-order valence-corrected chi connectivity index (χ3v) is 5.06. The summed E-state index contributed by atoms with van der Waals surface area (Å²) < 4.78 is 43.5. The Morgan fingerprint density at radius 2 is 1.79 bits per heavy atom. The molecule has 1 atom stereocenters. The molecule has 0 aliphatic carbocycles. The normalized spacial score (nSPS) is 19.0. The molecular formula is C22H18F3N3O. The third kappa shape index (κ3) is 3.44. The van der Waals surface area contributed by atoms with Crippen molar-refractivity contribution < 1.29 is 18.0 Å². The molecule has 0 fully saturated rings. The van der Waals surface area contributed by atoms with Gasteiger partial charge in [0, 0.05) is 12.4 Å². The average molecular weight is 397 g/mol. The number of halogens is 3. The van der Waals surface area contributed by atoms with Crippen LogP contribution in [0.5, 0.6) is 0 Å². The Morgan fingerprint density at radius 1 is 1.00 bits per heavy atom. The highest BCUT2D eigenvalue weighted by molar-refractivity contribution is 5.97. The van der Waals surface area contributed by atoms with E-state index in [2.05, 4.69) is 15.6 Å². The van der Waals surface area contributed by atoms with Crippen LogP contribution in [0, 0.1) is 6.92 Å². The fourth-order valence-corrected chi connectivity index (χ4v) is 3.59. The van der Waals surface area contributed by atoms with Gasteiger partial charge >= 0.3 is 6.18 Å². The van der Waals surface area contributed by atoms with Crippen LogP contribution in [0.3, 0.4) is 0 Å². The van der Waals surface area contributed by atoms with E-state index in [0.717, 1.165) is 5.56 Å². The number of nitrogens with one attached hydrogen (secondary N) is 2. The molecule has 0 saturated carbocycles. The lowest BCUT2D eigenvalue weighted by Gasteiger charge is -2.36. The number of hydrogen-bond donors (Lipinski definition) is 2. The van der Waals surface area contributed by atoms with Crippen LogP contribution in [0.4, 0.5) is 24.5 Å². The number of carbonyl (C=O) groups is 1. The highest BCUT2D eigenvalue weighted by atomic mass is 19.4. The largest absolute Gasteiger partial charge is 0.416 e. The summed E-state index contributed by atoms with van der Waals surface area (Å²) in [5.41, 5.74) is 0.0973. The lowest BCUT2D eigenvalue weighted by atomic mass is 9.84. The van der Waals surface area contributed by atoms with E-state index >= 15 is 0 Å². The Bertz CT molecular complexity index is 1070. The van der Waals surface area contributed by atoms with Crippen molar-refractivity contribution >= 4 is 17.3 Å². The first kappa shape index (κ1) is 19.0. The van der Waals surface area contributed by atoms with Gasteiger partial charge in [-0.1, -0.05) is 30.3 Å². The van der Waals surface area contributed by atoms with Gasteiger partial charge in [0.15, 0.2) is 5.54 Å². The van der Waals surface area contributed by atoms with Gasteiger partial charge in [-0.2, -0.15) is 13.2 Å². The van der Waals surface area contributed by atoms with Crippen LogP contribution >= 0.6 is 0 Å². The molecular weight excluding hydrogens is 379 g/mol. The van der Waals surface area contributed by atoms with Gasteiger partial charge in [0.2, 0.25) is 5.91 Å². The molecule has 0 radical (unpaired) electrons. The monoisotopic (exact) mass is 397 g/mol. The van der Waals surface area contributed by atoms with Crippen molar-refractivity contribution in [2.45, 2.75) is 25.1 Å². The van der Waals surface area contributed by atoms with Gasteiger partial charge in [0.1, 0.15) is 0 Å². The average Bonchev–Trinajstić information content (AvgIpc) is 2.84. The fourth-order valence-electron chi connectivity index (χ4n) is 3.59. The first-order valence-corrected chi connectivity index (χ1v) is 9.05. The first-order valence-electron chi connectivity index (χ1n) is 9.05. The fraction of sp³-hybridized carbons (Fsp3) is 0.182. The quantitative estimate of drug-likeness (QED) is 0.620. The van der Waals surface area contributed by atoms with Gasteiger partial charge in [-0.15, -0.1) is 0 Å². The second-order valence-electron chi connectivity index (χ2n) is 7.12. The first-order chi connectivity index (χ1) is 13.8. The van der Waals surface area contributed by atoms with E-state index in [1.165, 1.54) is 12.1 Å². The maximum Gasteiger partial charge on any atom is 0.416 e. The summed E-state index contributed by atoms with van der Waals surface area (Å²) in [6.45, 7) is 1.81. The molecule has 29 heavy (non-hydrogen) atoms. The molecule has 1 aliphatic heterocycles. The maximum absolute atomic E-state index is 14.5. The minimum atomic E-state index is -4.72. The number of carbonyl (C=O) groups excluding carboxylic acids is 1. The predicted octanol–water partition coefficient (Wildman–Crippen LogP) is 5.27. The second-order valence-corrected chi connectivity index (χ2v) is 7.12. The van der Waals surface area contributed by atoms with Gasteiger partial charge < -0.3 is 10.6 Å². The zero-order valence-corrected chi connectivity index (χ0v) is 15.5. The lowest BCUT2D eigenvalue weighted by molar-refractivity contribution is -0.185. The SMILES string of the molecule is Cc1ccc2c(c1)NC(=O)CC(c1cccc(-c3cccnc3)c1)(C(F)(F)F)N2. The van der Waals surface area contributed by atoms with Gasteiger partial charge in [-0.25, -0.2) is 0 Å². The molecule has 0 saturated heterocycles. The molecule has 2 heterocycles. The molecule has 3 aromatic rings. The van der Waals surface area contributed by atoms with Gasteiger partial charge in [-0.05, 0) is 53.4 Å². The number of hydrogen-bond acceptors (Lipinski definition) is 3. The Hall–Kier alpha value is -3.35. The van der Waals surface area contributed by atoms with E-state index in [-0.39, 0.29) is 11.3 Å². The number of benzene rings is 2. The molecule has 148 valence electrons. The summed E-state index contributed by atoms with van der Waals surface area (Å²) in [6.07, 6.45) is -2.31. The van der Waals surface area contributed by atoms with E-state index in [1.54, 1.807) is 54.9 Å². The summed E-state index contributed by atoms with van der Waals surface area (Å²) in [6, 6.07) is 14.5. The van der Waals surface area contributed by atoms with Crippen LogP contribution in [0.25, 0.3) is 11.1 Å². The number of nitrogens with zero attached hydrogens (tertiary/aromatic N) is 1. The summed E-state index contributed by atoms with van der Waals surface area (Å²) in [5.74, 6) is -0.703. The van der Waals surface area contributed by atoms with Gasteiger partial charge in [0.05, 0.1) is 17.8 Å². The molecule has 0 spiro atoms. The molecule has 1 aromatic heterocycles. The number of aryl methyl sites for hydroxylation is 1. The lowest BCUT2D eigenvalue weighted by Crippen LogP contribution is -2.50. The molecule has 2 aromatic carbocycles. The van der Waals surface area contributed by atoms with Crippen molar-refractivity contribution in [1.82, 2.24) is 4.98 Å². The van der Waals surface area contributed by atoms with Crippen LogP contribution < -0.4 is 10.6 Å². The number of fused-ring (bicyclic) bond motifs is 1. The summed E-state index contributed by atoms with van der Waals surface area (Å²) >= 11 is 0. The third-order valence-electron chi connectivity index (χ3n) is 5.06. The Balaban J connectivity index is 1.89. The van der Waals surface area contributed by atoms with E-state index < -0.39 is 24.0 Å². The molecule has 0 bridgehead atoms. The van der Waals surface area contributed by atoms with Crippen LogP contribution in [-0.4, -0.2) is 17.1 Å². The maximum atomic E-state index is 14.5. The van der Waals surface area contributed by atoms with Crippen molar-refractivity contribution in [3.63, 3.8) is 0 Å². The highest BCUT2D eigenvalue weighted by Crippen LogP contribution is 2.47. The molecule has 4 nitrogen and oxygen atoms in total. The minimum Gasteiger partial charge on any atom is -0.366 e. The van der Waals surface area contributed by atoms with Gasteiger partial charge in [0.25, 0.3) is 0 Å². The second kappa shape index (κ2) is 6.92. The number of aromatic nitrogens is 1. The van der Waals surface area contributed by atoms with Crippen molar-refractivity contribution in [3.05, 3.63) is 78.1 Å². The molecule has 1 unspecified atom stereocenters. The summed E-state index contributed by atoms with van der Waals surface area (Å²) in [5, 5.41) is 5.24. The van der Waals surface area contributed by atoms with Crippen molar-refractivity contribution in [3.8, 4) is 11.1 Å². The molecule has 1 amide bonds. The number of rotatable bonds is 2. The van der Waals surface area contributed by atoms with E-state index in [1.807, 2.05) is 6.92 Å². The number of anilines is 2. The molecule has 4 rings (SSSR count). The smallest absolute Gasteiger partial charge is 0.366 e. The van der Waals surface area contributed by atoms with Crippen molar-refractivity contribution in [2.24, 2.45) is 0 Å². The van der Waals surface area contributed by atoms with Crippen LogP contribution in [0.15, 0.2) is 67.0 Å². The predicted molar refractivity (Wildman–Crippen MR) is 105 cm³/mol. The Morgan fingerprint density at radius 3 is 2.52 bits per heavy atom. The molecule has 7 heteroatoms. The standard InChI is InChI=1S/C22H18F3N3O/c1-14-7-8-18-19(10-14)27-20(29)12-21(28-18,22(23,24)25)17-6-2-4-15(11-17)16-5-3-9-26-13-16/h2-11,13,28H,12H2,1H3,(H,27,29). The zero-order chi connectivity index (χ0) is 20.6. The number of alkyl halides is 3. The number of pyridine rings is 1. The minimum absolute atomic E-state index is 0.0325.